The molecule has 1 unspecified atom stereocenters. The van der Waals surface area contributed by atoms with Crippen LogP contribution in [0.2, 0.25) is 0 Å². The molecule has 5 heteroatoms. The van der Waals surface area contributed by atoms with Crippen LogP contribution in [0.4, 0.5) is 0 Å². The van der Waals surface area contributed by atoms with Crippen LogP contribution in [0.15, 0.2) is 0 Å². The number of halogens is 3. The van der Waals surface area contributed by atoms with Crippen LogP contribution in [0.1, 0.15) is 0 Å². The second-order valence-electron chi connectivity index (χ2n) is 2.53. The van der Waals surface area contributed by atoms with Crippen molar-refractivity contribution >= 4 is 34.8 Å². The van der Waals surface area contributed by atoms with Gasteiger partial charge in [0.15, 0.2) is 0 Å². The summed E-state index contributed by atoms with van der Waals surface area (Å²) in [5, 5.41) is 0. The van der Waals surface area contributed by atoms with Gasteiger partial charge >= 0.3 is 0 Å². The van der Waals surface area contributed by atoms with Gasteiger partial charge in [-0.15, -0.1) is 0 Å². The van der Waals surface area contributed by atoms with Gasteiger partial charge in [-0.05, 0) is 14.1 Å². The lowest BCUT2D eigenvalue weighted by molar-refractivity contribution is 0.0814. The fraction of sp³-hybridized carbons (Fsp3) is 1.00. The van der Waals surface area contributed by atoms with Crippen molar-refractivity contribution in [3.05, 3.63) is 0 Å². The van der Waals surface area contributed by atoms with Gasteiger partial charge in [0.2, 0.25) is 3.79 Å². The number of ether oxygens (including phenoxy) is 1. The molecule has 1 atom stereocenters. The van der Waals surface area contributed by atoms with Crippen LogP contribution in [0.3, 0.4) is 0 Å². The maximum absolute atomic E-state index is 5.62. The molecule has 0 heterocycles. The highest BCUT2D eigenvalue weighted by Gasteiger charge is 2.32. The van der Waals surface area contributed by atoms with E-state index < -0.39 is 3.79 Å². The molecule has 11 heavy (non-hydrogen) atoms. The summed E-state index contributed by atoms with van der Waals surface area (Å²) in [6.45, 7) is 0.590. The van der Waals surface area contributed by atoms with E-state index in [4.69, 9.17) is 39.5 Å². The van der Waals surface area contributed by atoms with Crippen LogP contribution in [-0.4, -0.2) is 42.5 Å². The Balaban J connectivity index is 3.96. The van der Waals surface area contributed by atoms with Gasteiger partial charge in [-0.2, -0.15) is 0 Å². The van der Waals surface area contributed by atoms with Crippen LogP contribution in [-0.2, 0) is 4.74 Å². The average Bonchev–Trinajstić information content (AvgIpc) is 1.79. The average molecular weight is 221 g/mol. The van der Waals surface area contributed by atoms with Crippen molar-refractivity contribution < 1.29 is 4.74 Å². The van der Waals surface area contributed by atoms with E-state index in [0.717, 1.165) is 0 Å². The molecule has 0 aliphatic heterocycles. The first kappa shape index (κ1) is 11.8. The molecule has 0 N–H and O–H groups in total. The number of hydrogen-bond acceptors (Lipinski definition) is 2. The third kappa shape index (κ3) is 5.10. The summed E-state index contributed by atoms with van der Waals surface area (Å²) in [6.07, 6.45) is -0.387. The van der Waals surface area contributed by atoms with Crippen LogP contribution < -0.4 is 0 Å². The Morgan fingerprint density at radius 1 is 1.36 bits per heavy atom. The van der Waals surface area contributed by atoms with Crippen molar-refractivity contribution in [3.8, 4) is 0 Å². The molecule has 0 aromatic carbocycles. The highest BCUT2D eigenvalue weighted by Crippen LogP contribution is 2.32. The highest BCUT2D eigenvalue weighted by molar-refractivity contribution is 6.68. The van der Waals surface area contributed by atoms with Crippen LogP contribution in [0, 0.1) is 0 Å². The van der Waals surface area contributed by atoms with Gasteiger partial charge in [0.25, 0.3) is 0 Å². The summed E-state index contributed by atoms with van der Waals surface area (Å²) in [7, 11) is 5.31. The van der Waals surface area contributed by atoms with E-state index in [-0.39, 0.29) is 6.10 Å². The number of likely N-dealkylation sites (N-methyl/N-ethyl adjacent to an activating group) is 1. The van der Waals surface area contributed by atoms with Gasteiger partial charge in [0.05, 0.1) is 0 Å². The monoisotopic (exact) mass is 219 g/mol. The minimum atomic E-state index is -1.35. The minimum Gasteiger partial charge on any atom is -0.376 e. The first-order chi connectivity index (χ1) is 4.88. The summed E-state index contributed by atoms with van der Waals surface area (Å²) < 4.78 is 3.64. The van der Waals surface area contributed by atoms with Gasteiger partial charge in [-0.1, -0.05) is 34.8 Å². The summed E-state index contributed by atoms with van der Waals surface area (Å²) in [5.41, 5.74) is 0. The highest BCUT2D eigenvalue weighted by atomic mass is 35.6. The smallest absolute Gasteiger partial charge is 0.217 e. The fourth-order valence-electron chi connectivity index (χ4n) is 0.643. The zero-order valence-corrected chi connectivity index (χ0v) is 9.04. The Morgan fingerprint density at radius 2 is 1.82 bits per heavy atom. The molecule has 0 radical (unpaired) electrons. The lowest BCUT2D eigenvalue weighted by Crippen LogP contribution is -2.37. The Morgan fingerprint density at radius 3 is 1.91 bits per heavy atom. The van der Waals surface area contributed by atoms with Crippen LogP contribution in [0.5, 0.6) is 0 Å². The number of methoxy groups -OCH3 is 1. The lowest BCUT2D eigenvalue weighted by Gasteiger charge is -2.25. The zero-order chi connectivity index (χ0) is 9.07. The van der Waals surface area contributed by atoms with Crippen molar-refractivity contribution in [1.82, 2.24) is 4.90 Å². The molecule has 0 spiro atoms. The molecular weight excluding hydrogens is 208 g/mol. The molecule has 68 valence electrons. The minimum absolute atomic E-state index is 0.387. The molecule has 0 saturated carbocycles. The predicted molar refractivity (Wildman–Crippen MR) is 49.6 cm³/mol. The normalized spacial score (nSPS) is 15.5. The number of rotatable bonds is 3. The maximum Gasteiger partial charge on any atom is 0.217 e. The van der Waals surface area contributed by atoms with Crippen LogP contribution in [0.25, 0.3) is 0 Å². The Bertz CT molecular complexity index is 113. The molecule has 0 aromatic heterocycles. The Kier molecular flexibility index (Phi) is 5.07. The van der Waals surface area contributed by atoms with Gasteiger partial charge in [-0.3, -0.25) is 0 Å². The molecule has 0 aromatic rings. The predicted octanol–water partition coefficient (Wildman–Crippen LogP) is 1.93. The largest absolute Gasteiger partial charge is 0.376 e. The van der Waals surface area contributed by atoms with Gasteiger partial charge in [0, 0.05) is 13.7 Å². The first-order valence-electron chi connectivity index (χ1n) is 3.12. The fourth-order valence-corrected chi connectivity index (χ4v) is 1.12. The number of hydrogen-bond donors (Lipinski definition) is 0. The van der Waals surface area contributed by atoms with E-state index in [1.807, 2.05) is 19.0 Å². The topological polar surface area (TPSA) is 12.5 Å². The van der Waals surface area contributed by atoms with E-state index in [1.165, 1.54) is 7.11 Å². The van der Waals surface area contributed by atoms with E-state index in [0.29, 0.717) is 6.54 Å². The quantitative estimate of drug-likeness (QED) is 0.674. The molecule has 0 bridgehead atoms. The van der Waals surface area contributed by atoms with Crippen molar-refractivity contribution in [2.24, 2.45) is 0 Å². The summed E-state index contributed by atoms with van der Waals surface area (Å²) in [6, 6.07) is 0. The van der Waals surface area contributed by atoms with Gasteiger partial charge in [0.1, 0.15) is 6.10 Å². The molecule has 0 saturated heterocycles. The van der Waals surface area contributed by atoms with Crippen molar-refractivity contribution in [2.45, 2.75) is 9.90 Å². The van der Waals surface area contributed by atoms with E-state index >= 15 is 0 Å². The van der Waals surface area contributed by atoms with Crippen LogP contribution >= 0.6 is 34.8 Å². The standard InChI is InChI=1S/C6H12Cl3NO/c1-10(2)4-5(11-3)6(7,8)9/h5H,4H2,1-3H3. The summed E-state index contributed by atoms with van der Waals surface area (Å²) in [4.78, 5) is 1.90. The van der Waals surface area contributed by atoms with Gasteiger partial charge < -0.3 is 9.64 Å². The second-order valence-corrected chi connectivity index (χ2v) is 4.90. The van der Waals surface area contributed by atoms with Crippen molar-refractivity contribution in [3.63, 3.8) is 0 Å². The molecular formula is C6H12Cl3NO. The third-order valence-electron chi connectivity index (χ3n) is 1.18. The summed E-state index contributed by atoms with van der Waals surface area (Å²) in [5.74, 6) is 0. The Labute approximate surface area is 82.3 Å². The van der Waals surface area contributed by atoms with Crippen molar-refractivity contribution in [2.75, 3.05) is 27.7 Å². The first-order valence-corrected chi connectivity index (χ1v) is 4.25. The SMILES string of the molecule is COC(CN(C)C)C(Cl)(Cl)Cl. The van der Waals surface area contributed by atoms with Crippen molar-refractivity contribution in [1.29, 1.82) is 0 Å². The molecule has 0 amide bonds. The summed E-state index contributed by atoms with van der Waals surface area (Å²) >= 11 is 16.9. The van der Waals surface area contributed by atoms with Gasteiger partial charge in [-0.25, -0.2) is 0 Å². The zero-order valence-electron chi connectivity index (χ0n) is 6.77. The lowest BCUT2D eigenvalue weighted by atomic mass is 10.4. The molecule has 0 fully saturated rings. The van der Waals surface area contributed by atoms with E-state index in [9.17, 15) is 0 Å². The Hall–Kier alpha value is 0.790. The number of alkyl halides is 3. The molecule has 0 rings (SSSR count). The maximum atomic E-state index is 5.62. The molecule has 0 aliphatic rings. The molecule has 0 aliphatic carbocycles. The third-order valence-corrected chi connectivity index (χ3v) is 1.91. The van der Waals surface area contributed by atoms with E-state index in [1.54, 1.807) is 0 Å². The molecule has 2 nitrogen and oxygen atoms in total. The number of nitrogens with zero attached hydrogens (tertiary/aromatic N) is 1. The second kappa shape index (κ2) is 4.73. The van der Waals surface area contributed by atoms with E-state index in [2.05, 4.69) is 0 Å².